The van der Waals surface area contributed by atoms with Crippen molar-refractivity contribution in [2.24, 2.45) is 7.05 Å². The van der Waals surface area contributed by atoms with Gasteiger partial charge in [-0.05, 0) is 63.0 Å². The molecular weight excluding hydrogens is 509 g/mol. The fraction of sp³-hybridized carbons (Fsp3) is 0.139. The largest absolute Gasteiger partial charge is 0.454 e. The van der Waals surface area contributed by atoms with Crippen molar-refractivity contribution in [3.63, 3.8) is 0 Å². The minimum absolute atomic E-state index is 0.303. The van der Waals surface area contributed by atoms with Gasteiger partial charge in [0.1, 0.15) is 24.0 Å². The van der Waals surface area contributed by atoms with Crippen molar-refractivity contribution < 1.29 is 14.7 Å². The fourth-order valence-electron chi connectivity index (χ4n) is 5.98. The number of hydrogen-bond acceptors (Lipinski definition) is 1. The highest BCUT2D eigenvalue weighted by molar-refractivity contribution is 6.88. The summed E-state index contributed by atoms with van der Waals surface area (Å²) < 4.78 is 34.2. The van der Waals surface area contributed by atoms with Gasteiger partial charge in [-0.15, -0.1) is 0 Å². The molecule has 0 saturated heterocycles. The first-order valence-corrected chi connectivity index (χ1v) is 17.2. The minimum atomic E-state index is -1.57. The number of benzene rings is 5. The number of fused-ring (bicyclic) bond motifs is 6. The molecule has 0 N–H and O–H groups in total. The molecule has 0 bridgehead atoms. The van der Waals surface area contributed by atoms with E-state index >= 15 is 4.39 Å². The van der Waals surface area contributed by atoms with Crippen LogP contribution in [0.15, 0.2) is 102 Å². The number of aryl methyl sites for hydroxylation is 2. The second-order valence-corrected chi connectivity index (χ2v) is 16.9. The van der Waals surface area contributed by atoms with Crippen LogP contribution in [0, 0.1) is 12.7 Å². The van der Waals surface area contributed by atoms with E-state index in [1.54, 1.807) is 0 Å². The molecule has 4 heteroatoms. The van der Waals surface area contributed by atoms with E-state index in [1.165, 1.54) is 11.3 Å². The number of hydrogen-bond donors (Lipinski definition) is 0. The summed E-state index contributed by atoms with van der Waals surface area (Å²) in [4.78, 5) is 0. The van der Waals surface area contributed by atoms with E-state index in [9.17, 15) is 1.37 Å². The van der Waals surface area contributed by atoms with Gasteiger partial charge in [0.05, 0.1) is 20.6 Å². The molecule has 2 heterocycles. The van der Waals surface area contributed by atoms with Crippen LogP contribution in [0.3, 0.4) is 0 Å². The van der Waals surface area contributed by atoms with Crippen molar-refractivity contribution >= 4 is 56.7 Å². The fourth-order valence-corrected chi connectivity index (χ4v) is 7.12. The minimum Gasteiger partial charge on any atom is -0.454 e. The summed E-state index contributed by atoms with van der Waals surface area (Å²) in [6, 6.07) is 28.2. The van der Waals surface area contributed by atoms with Crippen molar-refractivity contribution in [2.45, 2.75) is 26.6 Å². The molecule has 2 nitrogen and oxygen atoms in total. The molecule has 0 atom stereocenters. The Morgan fingerprint density at radius 1 is 0.750 bits per heavy atom. The van der Waals surface area contributed by atoms with Crippen LogP contribution in [-0.2, 0) is 7.05 Å². The summed E-state index contributed by atoms with van der Waals surface area (Å²) in [6.07, 6.45) is 2.13. The van der Waals surface area contributed by atoms with Crippen LogP contribution in [0.5, 0.6) is 0 Å². The predicted molar refractivity (Wildman–Crippen MR) is 168 cm³/mol. The highest BCUT2D eigenvalue weighted by Crippen LogP contribution is 2.44. The first-order chi connectivity index (χ1) is 19.6. The van der Waals surface area contributed by atoms with E-state index in [-0.39, 0.29) is 0 Å². The van der Waals surface area contributed by atoms with Gasteiger partial charge in [0, 0.05) is 22.9 Å². The third-order valence-corrected chi connectivity index (χ3v) is 10.2. The van der Waals surface area contributed by atoms with Crippen molar-refractivity contribution in [3.05, 3.63) is 109 Å². The van der Waals surface area contributed by atoms with Crippen LogP contribution in [0.1, 0.15) is 6.93 Å². The van der Waals surface area contributed by atoms with Gasteiger partial charge in [-0.2, -0.15) is 0 Å². The Hall–Kier alpha value is -4.28. The van der Waals surface area contributed by atoms with E-state index in [0.29, 0.717) is 22.8 Å². The first-order valence-electron chi connectivity index (χ1n) is 14.2. The molecule has 0 aliphatic rings. The predicted octanol–water partition coefficient (Wildman–Crippen LogP) is 9.04. The molecular formula is C36H31FNOSi+. The molecule has 2 aromatic heterocycles. The second-order valence-electron chi connectivity index (χ2n) is 11.8. The number of halogens is 1. The van der Waals surface area contributed by atoms with Gasteiger partial charge in [-0.1, -0.05) is 80.3 Å². The van der Waals surface area contributed by atoms with E-state index in [0.717, 1.165) is 54.7 Å². The second kappa shape index (κ2) is 8.87. The lowest BCUT2D eigenvalue weighted by atomic mass is 9.92. The molecule has 40 heavy (non-hydrogen) atoms. The molecule has 196 valence electrons. The average molecular weight is 542 g/mol. The monoisotopic (exact) mass is 541 g/mol. The maximum absolute atomic E-state index is 16.0. The van der Waals surface area contributed by atoms with Crippen molar-refractivity contribution in [1.82, 2.24) is 0 Å². The Labute approximate surface area is 235 Å². The Morgan fingerprint density at radius 3 is 2.15 bits per heavy atom. The van der Waals surface area contributed by atoms with Gasteiger partial charge < -0.3 is 4.42 Å². The topological polar surface area (TPSA) is 17.0 Å². The van der Waals surface area contributed by atoms with Crippen LogP contribution >= 0.6 is 0 Å². The van der Waals surface area contributed by atoms with Gasteiger partial charge in [-0.25, -0.2) is 8.96 Å². The average Bonchev–Trinajstić information content (AvgIpc) is 3.32. The van der Waals surface area contributed by atoms with Crippen LogP contribution in [-0.4, -0.2) is 8.07 Å². The summed E-state index contributed by atoms with van der Waals surface area (Å²) in [6.45, 7) is 9.15. The number of nitrogens with zero attached hydrogens (tertiary/aromatic N) is 1. The zero-order chi connectivity index (χ0) is 28.6. The quantitative estimate of drug-likeness (QED) is 0.124. The zero-order valence-corrected chi connectivity index (χ0v) is 24.4. The Kier molecular flexibility index (Phi) is 5.23. The van der Waals surface area contributed by atoms with E-state index in [4.69, 9.17) is 4.42 Å². The Bertz CT molecular complexity index is 2190. The lowest BCUT2D eigenvalue weighted by molar-refractivity contribution is -0.660. The molecule has 0 saturated carbocycles. The highest BCUT2D eigenvalue weighted by Gasteiger charge is 2.26. The zero-order valence-electron chi connectivity index (χ0n) is 24.4. The van der Waals surface area contributed by atoms with Gasteiger partial charge in [0.25, 0.3) is 0 Å². The van der Waals surface area contributed by atoms with Crippen molar-refractivity contribution in [2.75, 3.05) is 0 Å². The van der Waals surface area contributed by atoms with Crippen LogP contribution < -0.4 is 9.75 Å². The van der Waals surface area contributed by atoms with Crippen molar-refractivity contribution in [1.29, 1.82) is 0 Å². The molecule has 0 unspecified atom stereocenters. The summed E-state index contributed by atoms with van der Waals surface area (Å²) in [7, 11) is 0.491. The Morgan fingerprint density at radius 2 is 1.40 bits per heavy atom. The highest BCUT2D eigenvalue weighted by atomic mass is 28.3. The molecule has 0 spiro atoms. The standard InChI is InChI=1S/C36H31FNOSi/c1-22-14-15-28-29-16-17-31(37)34(30-20-23-10-6-7-11-25(23)26-12-8-9-13-27(26)30)36(29)39-35(28)33(22)32-21-24(40(3,4)5)18-19-38(32)2/h6-21H,1-5H3/q+1/i20D. The lowest BCUT2D eigenvalue weighted by Crippen LogP contribution is -2.42. The molecule has 0 aliphatic carbocycles. The number of pyridine rings is 1. The first kappa shape index (κ1) is 23.6. The van der Waals surface area contributed by atoms with Crippen LogP contribution in [0.25, 0.3) is 65.9 Å². The molecule has 7 rings (SSSR count). The Balaban J connectivity index is 1.61. The van der Waals surface area contributed by atoms with E-state index in [2.05, 4.69) is 68.6 Å². The molecule has 0 aliphatic heterocycles. The summed E-state index contributed by atoms with van der Waals surface area (Å²) >= 11 is 0. The lowest BCUT2D eigenvalue weighted by Gasteiger charge is -2.16. The van der Waals surface area contributed by atoms with Crippen molar-refractivity contribution in [3.8, 4) is 22.4 Å². The molecule has 5 aromatic carbocycles. The summed E-state index contributed by atoms with van der Waals surface area (Å²) in [5.41, 5.74) is 5.31. The third-order valence-electron chi connectivity index (χ3n) is 8.16. The number of rotatable bonds is 3. The normalized spacial score (nSPS) is 12.6. The summed E-state index contributed by atoms with van der Waals surface area (Å²) in [5, 5.41) is 6.77. The summed E-state index contributed by atoms with van der Waals surface area (Å²) in [5.74, 6) is -0.393. The smallest absolute Gasteiger partial charge is 0.216 e. The number of furan rings is 1. The maximum atomic E-state index is 16.0. The van der Waals surface area contributed by atoms with Gasteiger partial charge in [0.2, 0.25) is 5.69 Å². The van der Waals surface area contributed by atoms with Gasteiger partial charge in [0.15, 0.2) is 6.20 Å². The molecule has 7 aromatic rings. The molecule has 0 fully saturated rings. The van der Waals surface area contributed by atoms with E-state index < -0.39 is 13.9 Å². The number of aromatic nitrogens is 1. The van der Waals surface area contributed by atoms with Crippen LogP contribution in [0.2, 0.25) is 19.6 Å². The van der Waals surface area contributed by atoms with Gasteiger partial charge >= 0.3 is 0 Å². The molecule has 0 radical (unpaired) electrons. The third kappa shape index (κ3) is 3.70. The van der Waals surface area contributed by atoms with Gasteiger partial charge in [-0.3, -0.25) is 0 Å². The van der Waals surface area contributed by atoms with E-state index in [1.807, 2.05) is 54.6 Å². The maximum Gasteiger partial charge on any atom is 0.216 e. The SMILES string of the molecule is [2H]c1c(-c2c(F)ccc3c2oc2c(-c4cc([Si](C)(C)C)cc[n+]4C)c(C)ccc23)c2ccccc2c2ccccc12. The van der Waals surface area contributed by atoms with Crippen LogP contribution in [0.4, 0.5) is 4.39 Å². The molecule has 0 amide bonds.